The van der Waals surface area contributed by atoms with Crippen LogP contribution < -0.4 is 4.90 Å². The van der Waals surface area contributed by atoms with Gasteiger partial charge in [0.05, 0.1) is 5.41 Å². The highest BCUT2D eigenvalue weighted by Gasteiger charge is 2.55. The van der Waals surface area contributed by atoms with Gasteiger partial charge in [0.2, 0.25) is 11.8 Å². The average Bonchev–Trinajstić information content (AvgIpc) is 3.21. The molecular weight excluding hydrogens is 280 g/mol. The Hall–Kier alpha value is -1.88. The summed E-state index contributed by atoms with van der Waals surface area (Å²) in [6, 6.07) is 7.97. The van der Waals surface area contributed by atoms with Crippen molar-refractivity contribution in [3.05, 3.63) is 29.8 Å². The number of benzene rings is 1. The summed E-state index contributed by atoms with van der Waals surface area (Å²) in [4.78, 5) is 28.5. The number of para-hydroxylation sites is 1. The Bertz CT molecular complexity index is 641. The summed E-state index contributed by atoms with van der Waals surface area (Å²) < 4.78 is 0. The molecule has 5 nitrogen and oxygen atoms in total. The Kier molecular flexibility index (Phi) is 3.01. The molecule has 3 aliphatic rings. The molecule has 0 unspecified atom stereocenters. The van der Waals surface area contributed by atoms with Crippen LogP contribution in [0.3, 0.4) is 0 Å². The third-order valence-electron chi connectivity index (χ3n) is 5.26. The highest BCUT2D eigenvalue weighted by molar-refractivity contribution is 6.09. The van der Waals surface area contributed by atoms with Crippen LogP contribution in [0, 0.1) is 5.92 Å². The van der Waals surface area contributed by atoms with E-state index in [0.29, 0.717) is 25.4 Å². The van der Waals surface area contributed by atoms with Gasteiger partial charge in [0, 0.05) is 25.3 Å². The zero-order valence-corrected chi connectivity index (χ0v) is 12.5. The van der Waals surface area contributed by atoms with Crippen molar-refractivity contribution in [2.45, 2.75) is 24.7 Å². The lowest BCUT2D eigenvalue weighted by atomic mass is 9.81. The molecule has 1 saturated heterocycles. The smallest absolute Gasteiger partial charge is 0.248 e. The third-order valence-corrected chi connectivity index (χ3v) is 5.26. The molecule has 116 valence electrons. The zero-order valence-electron chi connectivity index (χ0n) is 12.5. The lowest BCUT2D eigenvalue weighted by molar-refractivity contribution is -0.133. The third kappa shape index (κ3) is 1.88. The lowest BCUT2D eigenvalue weighted by Crippen LogP contribution is -2.44. The van der Waals surface area contributed by atoms with Gasteiger partial charge in [-0.15, -0.1) is 0 Å². The number of rotatable bonds is 3. The SMILES string of the molecule is O=C(CO)N1CC[C@@]2(C1)C(=O)N(CC1CC1)c1ccccc12. The van der Waals surface area contributed by atoms with Crippen molar-refractivity contribution in [3.63, 3.8) is 0 Å². The van der Waals surface area contributed by atoms with Gasteiger partial charge >= 0.3 is 0 Å². The quantitative estimate of drug-likeness (QED) is 0.902. The first-order chi connectivity index (χ1) is 10.7. The van der Waals surface area contributed by atoms with Crippen LogP contribution in [0.15, 0.2) is 24.3 Å². The van der Waals surface area contributed by atoms with Crippen LogP contribution in [0.2, 0.25) is 0 Å². The van der Waals surface area contributed by atoms with Crippen LogP contribution in [0.25, 0.3) is 0 Å². The molecule has 0 radical (unpaired) electrons. The van der Waals surface area contributed by atoms with Crippen LogP contribution in [0.4, 0.5) is 5.69 Å². The number of carbonyl (C=O) groups excluding carboxylic acids is 2. The highest BCUT2D eigenvalue weighted by Crippen LogP contribution is 2.48. The molecule has 1 aliphatic carbocycles. The van der Waals surface area contributed by atoms with E-state index in [2.05, 4.69) is 0 Å². The van der Waals surface area contributed by atoms with Crippen LogP contribution in [-0.2, 0) is 15.0 Å². The largest absolute Gasteiger partial charge is 0.387 e. The van der Waals surface area contributed by atoms with Crippen molar-refractivity contribution < 1.29 is 14.7 Å². The molecule has 1 atom stereocenters. The first-order valence-corrected chi connectivity index (χ1v) is 7.96. The minimum Gasteiger partial charge on any atom is -0.387 e. The van der Waals surface area contributed by atoms with Crippen LogP contribution >= 0.6 is 0 Å². The number of aliphatic hydroxyl groups excluding tert-OH is 1. The minimum absolute atomic E-state index is 0.133. The van der Waals surface area contributed by atoms with Crippen molar-refractivity contribution in [3.8, 4) is 0 Å². The van der Waals surface area contributed by atoms with E-state index in [9.17, 15) is 9.59 Å². The number of likely N-dealkylation sites (tertiary alicyclic amines) is 1. The summed E-state index contributed by atoms with van der Waals surface area (Å²) >= 11 is 0. The maximum atomic E-state index is 13.1. The van der Waals surface area contributed by atoms with Gasteiger partial charge in [0.15, 0.2) is 0 Å². The van der Waals surface area contributed by atoms with Gasteiger partial charge in [-0.25, -0.2) is 0 Å². The van der Waals surface area contributed by atoms with Crippen molar-refractivity contribution >= 4 is 17.5 Å². The fourth-order valence-corrected chi connectivity index (χ4v) is 3.85. The molecule has 1 saturated carbocycles. The molecule has 1 spiro atoms. The summed E-state index contributed by atoms with van der Waals surface area (Å²) in [7, 11) is 0. The predicted molar refractivity (Wildman–Crippen MR) is 81.5 cm³/mol. The molecule has 1 aromatic carbocycles. The molecule has 4 rings (SSSR count). The zero-order chi connectivity index (χ0) is 15.3. The summed E-state index contributed by atoms with van der Waals surface area (Å²) in [5, 5.41) is 9.08. The second-order valence-corrected chi connectivity index (χ2v) is 6.68. The number of anilines is 1. The fraction of sp³-hybridized carbons (Fsp3) is 0.529. The number of fused-ring (bicyclic) bond motifs is 2. The van der Waals surface area contributed by atoms with Gasteiger partial charge in [-0.2, -0.15) is 0 Å². The summed E-state index contributed by atoms with van der Waals surface area (Å²) in [6.07, 6.45) is 3.05. The Labute approximate surface area is 129 Å². The molecule has 2 amide bonds. The van der Waals surface area contributed by atoms with Gasteiger partial charge in [0.1, 0.15) is 6.61 Å². The number of hydrogen-bond acceptors (Lipinski definition) is 3. The molecule has 1 N–H and O–H groups in total. The van der Waals surface area contributed by atoms with Gasteiger partial charge in [-0.3, -0.25) is 9.59 Å². The Morgan fingerprint density at radius 1 is 1.32 bits per heavy atom. The monoisotopic (exact) mass is 300 g/mol. The van der Waals surface area contributed by atoms with Crippen LogP contribution in [-0.4, -0.2) is 48.1 Å². The molecular formula is C17H20N2O3. The normalized spacial score (nSPS) is 26.9. The number of aliphatic hydroxyl groups is 1. The van der Waals surface area contributed by atoms with E-state index in [0.717, 1.165) is 17.8 Å². The topological polar surface area (TPSA) is 60.9 Å². The van der Waals surface area contributed by atoms with Crippen molar-refractivity contribution in [2.24, 2.45) is 5.92 Å². The van der Waals surface area contributed by atoms with Gasteiger partial charge < -0.3 is 14.9 Å². The van der Waals surface area contributed by atoms with E-state index in [1.54, 1.807) is 4.90 Å². The molecule has 5 heteroatoms. The van der Waals surface area contributed by atoms with Crippen LogP contribution in [0.1, 0.15) is 24.8 Å². The second kappa shape index (κ2) is 4.81. The predicted octanol–water partition coefficient (Wildman–Crippen LogP) is 0.906. The van der Waals surface area contributed by atoms with E-state index in [-0.39, 0.29) is 11.8 Å². The number of nitrogens with zero attached hydrogens (tertiary/aromatic N) is 2. The van der Waals surface area contributed by atoms with E-state index in [1.807, 2.05) is 29.2 Å². The van der Waals surface area contributed by atoms with E-state index < -0.39 is 12.0 Å². The van der Waals surface area contributed by atoms with E-state index in [4.69, 9.17) is 5.11 Å². The maximum absolute atomic E-state index is 13.1. The van der Waals surface area contributed by atoms with Crippen molar-refractivity contribution in [1.29, 1.82) is 0 Å². The molecule has 2 fully saturated rings. The minimum atomic E-state index is -0.601. The van der Waals surface area contributed by atoms with Crippen molar-refractivity contribution in [2.75, 3.05) is 31.1 Å². The highest BCUT2D eigenvalue weighted by atomic mass is 16.3. The van der Waals surface area contributed by atoms with E-state index in [1.165, 1.54) is 12.8 Å². The number of carbonyl (C=O) groups is 2. The molecule has 22 heavy (non-hydrogen) atoms. The van der Waals surface area contributed by atoms with Crippen molar-refractivity contribution in [1.82, 2.24) is 4.90 Å². The number of hydrogen-bond donors (Lipinski definition) is 1. The maximum Gasteiger partial charge on any atom is 0.248 e. The lowest BCUT2D eigenvalue weighted by Gasteiger charge is -2.24. The summed E-state index contributed by atoms with van der Waals surface area (Å²) in [5.74, 6) is 0.473. The van der Waals surface area contributed by atoms with Gasteiger partial charge in [-0.1, -0.05) is 18.2 Å². The molecule has 2 heterocycles. The van der Waals surface area contributed by atoms with Crippen LogP contribution in [0.5, 0.6) is 0 Å². The first-order valence-electron chi connectivity index (χ1n) is 7.96. The Balaban J connectivity index is 1.71. The summed E-state index contributed by atoms with van der Waals surface area (Å²) in [5.41, 5.74) is 1.46. The fourth-order valence-electron chi connectivity index (χ4n) is 3.85. The van der Waals surface area contributed by atoms with Gasteiger partial charge in [0.25, 0.3) is 0 Å². The summed E-state index contributed by atoms with van der Waals surface area (Å²) in [6.45, 7) is 1.24. The molecule has 0 bridgehead atoms. The Morgan fingerprint density at radius 2 is 2.09 bits per heavy atom. The first kappa shape index (κ1) is 13.8. The van der Waals surface area contributed by atoms with Gasteiger partial charge in [-0.05, 0) is 36.8 Å². The molecule has 0 aromatic heterocycles. The standard InChI is InChI=1S/C17H20N2O3/c20-10-15(21)18-8-7-17(11-18)13-3-1-2-4-14(13)19(16(17)22)9-12-5-6-12/h1-4,12,20H,5-11H2/t17-/m0/s1. The molecule has 2 aliphatic heterocycles. The Morgan fingerprint density at radius 3 is 2.82 bits per heavy atom. The van der Waals surface area contributed by atoms with E-state index >= 15 is 0 Å². The number of amides is 2. The molecule has 1 aromatic rings. The second-order valence-electron chi connectivity index (χ2n) is 6.68. The average molecular weight is 300 g/mol.